The summed E-state index contributed by atoms with van der Waals surface area (Å²) in [6, 6.07) is 6.63. The third kappa shape index (κ3) is 2.80. The van der Waals surface area contributed by atoms with Crippen molar-refractivity contribution in [2.24, 2.45) is 0 Å². The van der Waals surface area contributed by atoms with Crippen LogP contribution >= 0.6 is 27.5 Å². The zero-order valence-corrected chi connectivity index (χ0v) is 11.5. The number of nitrogen functional groups attached to an aromatic ring is 1. The average molecular weight is 327 g/mol. The third-order valence-electron chi connectivity index (χ3n) is 2.27. The van der Waals surface area contributed by atoms with Crippen molar-refractivity contribution in [2.75, 3.05) is 11.1 Å². The Hall–Kier alpha value is -1.59. The number of carbonyl (C=O) groups excluding carboxylic acids is 1. The van der Waals surface area contributed by atoms with Crippen molar-refractivity contribution < 1.29 is 4.79 Å². The first kappa shape index (κ1) is 12.9. The van der Waals surface area contributed by atoms with Gasteiger partial charge in [-0.3, -0.25) is 9.78 Å². The number of hydrogen-bond acceptors (Lipinski definition) is 3. The van der Waals surface area contributed by atoms with Gasteiger partial charge in [0.1, 0.15) is 0 Å². The van der Waals surface area contributed by atoms with E-state index in [-0.39, 0.29) is 5.91 Å². The maximum Gasteiger partial charge on any atom is 0.256 e. The molecule has 1 aromatic heterocycles. The van der Waals surface area contributed by atoms with E-state index in [0.29, 0.717) is 26.4 Å². The van der Waals surface area contributed by atoms with Gasteiger partial charge in [-0.05, 0) is 40.2 Å². The fourth-order valence-corrected chi connectivity index (χ4v) is 1.98. The van der Waals surface area contributed by atoms with E-state index in [1.807, 2.05) is 0 Å². The molecule has 0 fully saturated rings. The van der Waals surface area contributed by atoms with Crippen LogP contribution in [0.15, 0.2) is 41.1 Å². The van der Waals surface area contributed by atoms with Crippen LogP contribution in [0.5, 0.6) is 0 Å². The molecule has 6 heteroatoms. The van der Waals surface area contributed by atoms with Gasteiger partial charge >= 0.3 is 0 Å². The van der Waals surface area contributed by atoms with Crippen molar-refractivity contribution in [3.05, 3.63) is 51.7 Å². The Morgan fingerprint density at radius 3 is 2.89 bits per heavy atom. The Balaban J connectivity index is 2.28. The topological polar surface area (TPSA) is 68.0 Å². The Bertz CT molecular complexity index is 604. The van der Waals surface area contributed by atoms with Crippen molar-refractivity contribution in [1.29, 1.82) is 0 Å². The van der Waals surface area contributed by atoms with Gasteiger partial charge in [0.2, 0.25) is 0 Å². The van der Waals surface area contributed by atoms with Crippen LogP contribution < -0.4 is 11.1 Å². The lowest BCUT2D eigenvalue weighted by Gasteiger charge is -2.08. The number of carbonyl (C=O) groups is 1. The summed E-state index contributed by atoms with van der Waals surface area (Å²) in [5.41, 5.74) is 7.07. The molecule has 1 aromatic carbocycles. The molecule has 0 saturated carbocycles. The van der Waals surface area contributed by atoms with E-state index in [4.69, 9.17) is 17.3 Å². The number of nitrogens with zero attached hydrogens (tertiary/aromatic N) is 1. The smallest absolute Gasteiger partial charge is 0.256 e. The first-order valence-corrected chi connectivity index (χ1v) is 6.21. The highest BCUT2D eigenvalue weighted by molar-refractivity contribution is 9.10. The predicted octanol–water partition coefficient (Wildman–Crippen LogP) is 3.33. The van der Waals surface area contributed by atoms with Crippen LogP contribution in [-0.4, -0.2) is 10.9 Å². The molecule has 92 valence electrons. The van der Waals surface area contributed by atoms with Crippen LogP contribution in [0.1, 0.15) is 10.4 Å². The quantitative estimate of drug-likeness (QED) is 0.889. The van der Waals surface area contributed by atoms with Gasteiger partial charge in [0.15, 0.2) is 0 Å². The number of nitrogens with one attached hydrogen (secondary N) is 1. The number of amides is 1. The zero-order valence-electron chi connectivity index (χ0n) is 9.15. The van der Waals surface area contributed by atoms with Crippen molar-refractivity contribution in [3.8, 4) is 0 Å². The summed E-state index contributed by atoms with van der Waals surface area (Å²) in [7, 11) is 0. The molecule has 0 radical (unpaired) electrons. The van der Waals surface area contributed by atoms with Gasteiger partial charge in [-0.2, -0.15) is 0 Å². The van der Waals surface area contributed by atoms with Gasteiger partial charge in [-0.25, -0.2) is 0 Å². The summed E-state index contributed by atoms with van der Waals surface area (Å²) in [6.45, 7) is 0. The lowest BCUT2D eigenvalue weighted by molar-refractivity contribution is 0.102. The third-order valence-corrected chi connectivity index (χ3v) is 3.20. The van der Waals surface area contributed by atoms with Gasteiger partial charge in [0.05, 0.1) is 23.1 Å². The van der Waals surface area contributed by atoms with Crippen molar-refractivity contribution >= 4 is 44.8 Å². The molecule has 1 heterocycles. The fourth-order valence-electron chi connectivity index (χ4n) is 1.38. The minimum atomic E-state index is -0.290. The van der Waals surface area contributed by atoms with E-state index in [1.54, 1.807) is 30.5 Å². The minimum Gasteiger partial charge on any atom is -0.396 e. The number of benzene rings is 1. The summed E-state index contributed by atoms with van der Waals surface area (Å²) in [5.74, 6) is -0.290. The van der Waals surface area contributed by atoms with Gasteiger partial charge in [-0.15, -0.1) is 0 Å². The molecule has 18 heavy (non-hydrogen) atoms. The van der Waals surface area contributed by atoms with Crippen LogP contribution in [0.3, 0.4) is 0 Å². The molecule has 2 aromatic rings. The number of rotatable bonds is 2. The van der Waals surface area contributed by atoms with E-state index in [2.05, 4.69) is 26.2 Å². The molecule has 0 saturated heterocycles. The molecule has 2 rings (SSSR count). The van der Waals surface area contributed by atoms with Gasteiger partial charge < -0.3 is 11.1 Å². The fraction of sp³-hybridized carbons (Fsp3) is 0. The van der Waals surface area contributed by atoms with Gasteiger partial charge in [-0.1, -0.05) is 11.6 Å². The highest BCUT2D eigenvalue weighted by Crippen LogP contribution is 2.23. The molecule has 0 spiro atoms. The Morgan fingerprint density at radius 1 is 1.39 bits per heavy atom. The largest absolute Gasteiger partial charge is 0.396 e. The van der Waals surface area contributed by atoms with E-state index < -0.39 is 0 Å². The van der Waals surface area contributed by atoms with Gasteiger partial charge in [0, 0.05) is 15.7 Å². The second-order valence-electron chi connectivity index (χ2n) is 3.54. The number of nitrogens with two attached hydrogens (primary N) is 1. The number of anilines is 2. The number of aromatic nitrogens is 1. The molecule has 0 bridgehead atoms. The average Bonchev–Trinajstić information content (AvgIpc) is 2.35. The van der Waals surface area contributed by atoms with E-state index in [9.17, 15) is 4.79 Å². The molecular weight excluding hydrogens is 318 g/mol. The lowest BCUT2D eigenvalue weighted by Crippen LogP contribution is -2.13. The maximum atomic E-state index is 12.1. The molecule has 3 N–H and O–H groups in total. The zero-order chi connectivity index (χ0) is 13.1. The van der Waals surface area contributed by atoms with Crippen LogP contribution in [0, 0.1) is 0 Å². The van der Waals surface area contributed by atoms with Crippen molar-refractivity contribution in [1.82, 2.24) is 4.98 Å². The molecule has 0 aliphatic rings. The van der Waals surface area contributed by atoms with Gasteiger partial charge in [0.25, 0.3) is 5.91 Å². The summed E-state index contributed by atoms with van der Waals surface area (Å²) in [6.07, 6.45) is 3.03. The molecule has 0 aliphatic carbocycles. The Kier molecular flexibility index (Phi) is 3.84. The van der Waals surface area contributed by atoms with Crippen molar-refractivity contribution in [3.63, 3.8) is 0 Å². The SMILES string of the molecule is Nc1cnccc1NC(=O)c1cc(Cl)ccc1Br. The molecule has 0 unspecified atom stereocenters. The normalized spacial score (nSPS) is 10.1. The molecule has 1 amide bonds. The molecule has 0 atom stereocenters. The second-order valence-corrected chi connectivity index (χ2v) is 4.83. The number of hydrogen-bond donors (Lipinski definition) is 2. The molecule has 0 aliphatic heterocycles. The van der Waals surface area contributed by atoms with E-state index >= 15 is 0 Å². The minimum absolute atomic E-state index is 0.290. The predicted molar refractivity (Wildman–Crippen MR) is 75.8 cm³/mol. The van der Waals surface area contributed by atoms with Crippen molar-refractivity contribution in [2.45, 2.75) is 0 Å². The molecule has 4 nitrogen and oxygen atoms in total. The standard InChI is InChI=1S/C12H9BrClN3O/c13-9-2-1-7(14)5-8(9)12(18)17-11-3-4-16-6-10(11)15/h1-6H,15H2,(H,16,17,18). The Morgan fingerprint density at radius 2 is 2.17 bits per heavy atom. The molecular formula is C12H9BrClN3O. The van der Waals surface area contributed by atoms with Crippen LogP contribution in [0.4, 0.5) is 11.4 Å². The first-order chi connectivity index (χ1) is 8.58. The summed E-state index contributed by atoms with van der Waals surface area (Å²) in [4.78, 5) is 15.9. The van der Waals surface area contributed by atoms with Crippen LogP contribution in [-0.2, 0) is 0 Å². The highest BCUT2D eigenvalue weighted by Gasteiger charge is 2.12. The summed E-state index contributed by atoms with van der Waals surface area (Å²) >= 11 is 9.16. The van der Waals surface area contributed by atoms with E-state index in [0.717, 1.165) is 0 Å². The summed E-state index contributed by atoms with van der Waals surface area (Å²) in [5, 5.41) is 3.19. The van der Waals surface area contributed by atoms with Crippen LogP contribution in [0.25, 0.3) is 0 Å². The highest BCUT2D eigenvalue weighted by atomic mass is 79.9. The Labute approximate surface area is 117 Å². The van der Waals surface area contributed by atoms with E-state index in [1.165, 1.54) is 6.20 Å². The summed E-state index contributed by atoms with van der Waals surface area (Å²) < 4.78 is 0.664. The second kappa shape index (κ2) is 5.37. The number of halogens is 2. The van der Waals surface area contributed by atoms with Crippen LogP contribution in [0.2, 0.25) is 5.02 Å². The monoisotopic (exact) mass is 325 g/mol. The maximum absolute atomic E-state index is 12.1. The number of pyridine rings is 1. The first-order valence-electron chi connectivity index (χ1n) is 5.04. The lowest BCUT2D eigenvalue weighted by atomic mass is 10.2.